The van der Waals surface area contributed by atoms with E-state index in [0.29, 0.717) is 0 Å². The van der Waals surface area contributed by atoms with Crippen molar-refractivity contribution in [1.82, 2.24) is 9.97 Å². The van der Waals surface area contributed by atoms with Crippen molar-refractivity contribution in [2.45, 2.75) is 59.3 Å². The van der Waals surface area contributed by atoms with E-state index >= 15 is 0 Å². The summed E-state index contributed by atoms with van der Waals surface area (Å²) < 4.78 is 0. The molecular formula is C17H30N4. The lowest BCUT2D eigenvalue weighted by atomic mass is 9.98. The van der Waals surface area contributed by atoms with Crippen LogP contribution in [-0.4, -0.2) is 29.6 Å². The Balaban J connectivity index is 2.22. The molecule has 0 spiro atoms. The van der Waals surface area contributed by atoms with Crippen molar-refractivity contribution in [3.63, 3.8) is 0 Å². The minimum Gasteiger partial charge on any atom is -0.370 e. The van der Waals surface area contributed by atoms with Gasteiger partial charge in [-0.25, -0.2) is 9.97 Å². The van der Waals surface area contributed by atoms with Gasteiger partial charge in [0.05, 0.1) is 0 Å². The lowest BCUT2D eigenvalue weighted by Gasteiger charge is -2.25. The van der Waals surface area contributed by atoms with Gasteiger partial charge in [-0.2, -0.15) is 0 Å². The van der Waals surface area contributed by atoms with Gasteiger partial charge in [0.15, 0.2) is 0 Å². The molecule has 118 valence electrons. The number of nitrogens with one attached hydrogen (secondary N) is 1. The molecule has 1 aromatic heterocycles. The summed E-state index contributed by atoms with van der Waals surface area (Å²) in [4.78, 5) is 11.6. The smallest absolute Gasteiger partial charge is 0.137 e. The van der Waals surface area contributed by atoms with Gasteiger partial charge < -0.3 is 10.2 Å². The van der Waals surface area contributed by atoms with Crippen molar-refractivity contribution < 1.29 is 0 Å². The number of aromatic nitrogens is 2. The van der Waals surface area contributed by atoms with E-state index in [0.717, 1.165) is 44.2 Å². The van der Waals surface area contributed by atoms with Crippen LogP contribution in [-0.2, 0) is 6.42 Å². The van der Waals surface area contributed by atoms with Crippen LogP contribution in [0.1, 0.15) is 58.4 Å². The van der Waals surface area contributed by atoms with Crippen molar-refractivity contribution in [2.24, 2.45) is 5.92 Å². The van der Waals surface area contributed by atoms with E-state index in [4.69, 9.17) is 0 Å². The van der Waals surface area contributed by atoms with Crippen LogP contribution >= 0.6 is 0 Å². The summed E-state index contributed by atoms with van der Waals surface area (Å²) in [6.07, 6.45) is 9.14. The molecular weight excluding hydrogens is 260 g/mol. The molecule has 2 heterocycles. The molecule has 0 bridgehead atoms. The Morgan fingerprint density at radius 2 is 2.05 bits per heavy atom. The monoisotopic (exact) mass is 290 g/mol. The predicted octanol–water partition coefficient (Wildman–Crippen LogP) is 3.88. The Hall–Kier alpha value is -1.32. The molecule has 1 saturated heterocycles. The van der Waals surface area contributed by atoms with E-state index < -0.39 is 0 Å². The van der Waals surface area contributed by atoms with Crippen molar-refractivity contribution in [2.75, 3.05) is 29.9 Å². The maximum Gasteiger partial charge on any atom is 0.137 e. The third kappa shape index (κ3) is 4.08. The largest absolute Gasteiger partial charge is 0.370 e. The summed E-state index contributed by atoms with van der Waals surface area (Å²) in [5.41, 5.74) is 1.30. The number of rotatable bonds is 6. The van der Waals surface area contributed by atoms with Gasteiger partial charge in [0.1, 0.15) is 18.0 Å². The first-order chi connectivity index (χ1) is 10.3. The highest BCUT2D eigenvalue weighted by atomic mass is 15.2. The van der Waals surface area contributed by atoms with E-state index in [-0.39, 0.29) is 0 Å². The molecule has 1 unspecified atom stereocenters. The Morgan fingerprint density at radius 1 is 1.19 bits per heavy atom. The van der Waals surface area contributed by atoms with Crippen LogP contribution in [0.3, 0.4) is 0 Å². The summed E-state index contributed by atoms with van der Waals surface area (Å²) in [5.74, 6) is 3.08. The molecule has 2 rings (SSSR count). The molecule has 0 aromatic carbocycles. The molecule has 0 saturated carbocycles. The zero-order valence-electron chi connectivity index (χ0n) is 13.9. The molecule has 1 fully saturated rings. The van der Waals surface area contributed by atoms with Crippen molar-refractivity contribution >= 4 is 11.6 Å². The minimum atomic E-state index is 0.889. The zero-order valence-corrected chi connectivity index (χ0v) is 13.9. The molecule has 0 amide bonds. The molecule has 1 aromatic rings. The van der Waals surface area contributed by atoms with E-state index in [1.54, 1.807) is 6.33 Å². The van der Waals surface area contributed by atoms with Gasteiger partial charge in [-0.3, -0.25) is 0 Å². The topological polar surface area (TPSA) is 41.1 Å². The van der Waals surface area contributed by atoms with Crippen molar-refractivity contribution in [3.8, 4) is 0 Å². The highest BCUT2D eigenvalue weighted by Gasteiger charge is 2.20. The third-order valence-corrected chi connectivity index (χ3v) is 4.49. The van der Waals surface area contributed by atoms with Gasteiger partial charge in [-0.05, 0) is 38.5 Å². The van der Waals surface area contributed by atoms with Gasteiger partial charge >= 0.3 is 0 Å². The average Bonchev–Trinajstić information content (AvgIpc) is 2.75. The first kappa shape index (κ1) is 16.1. The van der Waals surface area contributed by atoms with Crippen molar-refractivity contribution in [1.29, 1.82) is 0 Å². The van der Waals surface area contributed by atoms with Gasteiger partial charge in [0.2, 0.25) is 0 Å². The molecule has 4 nitrogen and oxygen atoms in total. The second kappa shape index (κ2) is 8.20. The standard InChI is InChI=1S/C17H30N4/c1-4-8-15-16(18-6-3)19-13-20-17(15)21-11-7-9-14(5-2)10-12-21/h13-14H,4-12H2,1-3H3,(H,18,19,20). The SMILES string of the molecule is CCCc1c(NCC)ncnc1N1CCCC(CC)CC1. The van der Waals surface area contributed by atoms with Gasteiger partial charge in [0, 0.05) is 25.2 Å². The van der Waals surface area contributed by atoms with Crippen LogP contribution < -0.4 is 10.2 Å². The van der Waals surface area contributed by atoms with Crippen LogP contribution in [0.25, 0.3) is 0 Å². The molecule has 1 aliphatic heterocycles. The van der Waals surface area contributed by atoms with E-state index in [1.165, 1.54) is 37.1 Å². The summed E-state index contributed by atoms with van der Waals surface area (Å²) >= 11 is 0. The highest BCUT2D eigenvalue weighted by Crippen LogP contribution is 2.29. The van der Waals surface area contributed by atoms with Gasteiger partial charge in [-0.1, -0.05) is 26.7 Å². The Bertz CT molecular complexity index is 433. The fourth-order valence-corrected chi connectivity index (χ4v) is 3.26. The quantitative estimate of drug-likeness (QED) is 0.863. The molecule has 0 radical (unpaired) electrons. The van der Waals surface area contributed by atoms with Gasteiger partial charge in [0.25, 0.3) is 0 Å². The van der Waals surface area contributed by atoms with Gasteiger partial charge in [-0.15, -0.1) is 0 Å². The predicted molar refractivity (Wildman–Crippen MR) is 90.0 cm³/mol. The minimum absolute atomic E-state index is 0.889. The Morgan fingerprint density at radius 3 is 2.76 bits per heavy atom. The fraction of sp³-hybridized carbons (Fsp3) is 0.765. The molecule has 1 aliphatic rings. The molecule has 4 heteroatoms. The molecule has 0 aliphatic carbocycles. The summed E-state index contributed by atoms with van der Waals surface area (Å²) in [5, 5.41) is 3.40. The lowest BCUT2D eigenvalue weighted by molar-refractivity contribution is 0.459. The second-order valence-electron chi connectivity index (χ2n) is 6.00. The first-order valence-electron chi connectivity index (χ1n) is 8.62. The Kier molecular flexibility index (Phi) is 6.27. The van der Waals surface area contributed by atoms with Crippen LogP contribution in [0.4, 0.5) is 11.6 Å². The van der Waals surface area contributed by atoms with E-state index in [9.17, 15) is 0 Å². The Labute approximate surface area is 129 Å². The summed E-state index contributed by atoms with van der Waals surface area (Å²) in [6.45, 7) is 9.84. The normalized spacial score (nSPS) is 19.4. The highest BCUT2D eigenvalue weighted by molar-refractivity contribution is 5.59. The summed E-state index contributed by atoms with van der Waals surface area (Å²) in [7, 11) is 0. The zero-order chi connectivity index (χ0) is 15.1. The van der Waals surface area contributed by atoms with E-state index in [2.05, 4.69) is 41.0 Å². The third-order valence-electron chi connectivity index (χ3n) is 4.49. The number of hydrogen-bond acceptors (Lipinski definition) is 4. The molecule has 1 N–H and O–H groups in total. The average molecular weight is 290 g/mol. The summed E-state index contributed by atoms with van der Waals surface area (Å²) in [6, 6.07) is 0. The van der Waals surface area contributed by atoms with E-state index in [1.807, 2.05) is 0 Å². The second-order valence-corrected chi connectivity index (χ2v) is 6.00. The van der Waals surface area contributed by atoms with Crippen LogP contribution in [0, 0.1) is 5.92 Å². The maximum absolute atomic E-state index is 4.63. The van der Waals surface area contributed by atoms with Crippen LogP contribution in [0.15, 0.2) is 6.33 Å². The fourth-order valence-electron chi connectivity index (χ4n) is 3.26. The van der Waals surface area contributed by atoms with Crippen LogP contribution in [0.5, 0.6) is 0 Å². The van der Waals surface area contributed by atoms with Crippen molar-refractivity contribution in [3.05, 3.63) is 11.9 Å². The number of nitrogens with zero attached hydrogens (tertiary/aromatic N) is 3. The maximum atomic E-state index is 4.63. The number of hydrogen-bond donors (Lipinski definition) is 1. The van der Waals surface area contributed by atoms with Crippen LogP contribution in [0.2, 0.25) is 0 Å². The molecule has 21 heavy (non-hydrogen) atoms. The first-order valence-corrected chi connectivity index (χ1v) is 8.62. The molecule has 1 atom stereocenters. The number of anilines is 2. The lowest BCUT2D eigenvalue weighted by Crippen LogP contribution is -2.27.